The second kappa shape index (κ2) is 8.67. The first-order chi connectivity index (χ1) is 14.6. The predicted molar refractivity (Wildman–Crippen MR) is 119 cm³/mol. The molecular formula is C24H29N4O3. The molecule has 1 atom stereocenters. The van der Waals surface area contributed by atoms with Crippen LogP contribution in [0.3, 0.4) is 0 Å². The highest BCUT2D eigenvalue weighted by Gasteiger charge is 2.56. The summed E-state index contributed by atoms with van der Waals surface area (Å²) in [6.45, 7) is 11.3. The van der Waals surface area contributed by atoms with Gasteiger partial charge in [-0.1, -0.05) is 29.0 Å². The minimum atomic E-state index is -1.13. The minimum Gasteiger partial charge on any atom is -0.622 e. The Morgan fingerprint density at radius 2 is 1.81 bits per heavy atom. The van der Waals surface area contributed by atoms with Crippen LogP contribution in [0.4, 0.5) is 0 Å². The van der Waals surface area contributed by atoms with Crippen molar-refractivity contribution in [3.8, 4) is 11.8 Å². The fraction of sp³-hybridized carbons (Fsp3) is 0.417. The smallest absolute Gasteiger partial charge is 0.248 e. The number of hydrogen-bond donors (Lipinski definition) is 0. The molecule has 0 aliphatic carbocycles. The maximum atomic E-state index is 12.6. The Labute approximate surface area is 183 Å². The number of nitrogens with zero attached hydrogens (tertiary/aromatic N) is 4. The van der Waals surface area contributed by atoms with E-state index in [1.807, 2.05) is 50.4 Å². The lowest BCUT2D eigenvalue weighted by atomic mass is 9.97. The van der Waals surface area contributed by atoms with Gasteiger partial charge in [-0.2, -0.15) is 9.84 Å². The zero-order valence-corrected chi connectivity index (χ0v) is 18.9. The van der Waals surface area contributed by atoms with E-state index in [9.17, 15) is 10.4 Å². The Morgan fingerprint density at radius 1 is 1.16 bits per heavy atom. The predicted octanol–water partition coefficient (Wildman–Crippen LogP) is 3.98. The van der Waals surface area contributed by atoms with Crippen LogP contribution in [-0.2, 0) is 9.94 Å². The lowest BCUT2D eigenvalue weighted by Crippen LogP contribution is -2.50. The number of rotatable bonds is 5. The van der Waals surface area contributed by atoms with Crippen molar-refractivity contribution in [2.24, 2.45) is 0 Å². The van der Waals surface area contributed by atoms with Gasteiger partial charge in [0, 0.05) is 38.3 Å². The molecule has 0 amide bonds. The molecule has 1 radical (unpaired) electrons. The molecule has 7 nitrogen and oxygen atoms in total. The van der Waals surface area contributed by atoms with E-state index >= 15 is 0 Å². The van der Waals surface area contributed by atoms with E-state index in [1.54, 1.807) is 44.6 Å². The largest absolute Gasteiger partial charge is 0.622 e. The molecule has 0 bridgehead atoms. The van der Waals surface area contributed by atoms with Crippen molar-refractivity contribution in [1.29, 1.82) is 0 Å². The van der Waals surface area contributed by atoms with Gasteiger partial charge in [-0.05, 0) is 51.5 Å². The van der Waals surface area contributed by atoms with E-state index in [0.717, 1.165) is 26.5 Å². The molecule has 1 aromatic heterocycles. The monoisotopic (exact) mass is 421 g/mol. The van der Waals surface area contributed by atoms with E-state index in [1.165, 1.54) is 0 Å². The van der Waals surface area contributed by atoms with Crippen molar-refractivity contribution < 1.29 is 14.7 Å². The Morgan fingerprint density at radius 3 is 2.39 bits per heavy atom. The van der Waals surface area contributed by atoms with Crippen LogP contribution < -0.4 is 0 Å². The molecule has 1 aliphatic rings. The van der Waals surface area contributed by atoms with Gasteiger partial charge in [0.25, 0.3) is 0 Å². The van der Waals surface area contributed by atoms with E-state index in [0.29, 0.717) is 12.3 Å². The van der Waals surface area contributed by atoms with Gasteiger partial charge >= 0.3 is 0 Å². The Hall–Kier alpha value is -2.92. The first kappa shape index (κ1) is 22.8. The second-order valence-corrected chi connectivity index (χ2v) is 8.50. The molecular weight excluding hydrogens is 392 g/mol. The normalized spacial score (nSPS) is 18.9. The van der Waals surface area contributed by atoms with Gasteiger partial charge in [0.05, 0.1) is 11.8 Å². The number of ether oxygens (including phenoxy) is 1. The molecule has 2 aromatic rings. The van der Waals surface area contributed by atoms with Gasteiger partial charge in [-0.15, -0.1) is 5.21 Å². The summed E-state index contributed by atoms with van der Waals surface area (Å²) in [6, 6.07) is 7.70. The third-order valence-electron chi connectivity index (χ3n) is 5.42. The molecule has 2 heterocycles. The fourth-order valence-corrected chi connectivity index (χ4v) is 3.60. The summed E-state index contributed by atoms with van der Waals surface area (Å²) in [4.78, 5) is 0. The first-order valence-corrected chi connectivity index (χ1v) is 10.4. The zero-order chi connectivity index (χ0) is 22.8. The Kier molecular flexibility index (Phi) is 6.37. The number of aromatic nitrogens is 2. The highest BCUT2D eigenvalue weighted by molar-refractivity contribution is 6.02. The van der Waals surface area contributed by atoms with Crippen LogP contribution in [0.25, 0.3) is 6.08 Å². The van der Waals surface area contributed by atoms with Gasteiger partial charge < -0.3 is 9.94 Å². The number of benzene rings is 1. The number of hydroxylamine groups is 3. The van der Waals surface area contributed by atoms with Gasteiger partial charge in [0.1, 0.15) is 11.8 Å². The quantitative estimate of drug-likeness (QED) is 0.416. The minimum absolute atomic E-state index is 0.126. The highest BCUT2D eigenvalue weighted by atomic mass is 16.6. The maximum Gasteiger partial charge on any atom is 0.248 e. The van der Waals surface area contributed by atoms with Crippen LogP contribution in [0, 0.1) is 17.0 Å². The topological polar surface area (TPSA) is 76.3 Å². The third kappa shape index (κ3) is 4.57. The van der Waals surface area contributed by atoms with Crippen molar-refractivity contribution in [3.05, 3.63) is 64.6 Å². The summed E-state index contributed by atoms with van der Waals surface area (Å²) in [6.07, 6.45) is 7.02. The van der Waals surface area contributed by atoms with E-state index in [-0.39, 0.29) is 6.23 Å². The van der Waals surface area contributed by atoms with Gasteiger partial charge in [0.15, 0.2) is 0 Å². The highest BCUT2D eigenvalue weighted by Crippen LogP contribution is 2.33. The molecule has 3 rings (SSSR count). The molecule has 0 spiro atoms. The van der Waals surface area contributed by atoms with Crippen molar-refractivity contribution in [1.82, 2.24) is 14.8 Å². The van der Waals surface area contributed by atoms with Crippen LogP contribution in [0.1, 0.15) is 64.5 Å². The number of hydrogen-bond acceptors (Lipinski definition) is 4. The van der Waals surface area contributed by atoms with Crippen LogP contribution in [0.15, 0.2) is 42.7 Å². The SMILES string of the molecule is CCOC(C)n1cc(C#Cc2ccc(/C=C/C3=[N+]([O-])C(C)(C)N([O])C3(C)C)cc2)cn1. The van der Waals surface area contributed by atoms with E-state index < -0.39 is 11.2 Å². The molecule has 0 N–H and O–H groups in total. The van der Waals surface area contributed by atoms with Gasteiger partial charge in [0.2, 0.25) is 11.4 Å². The molecule has 1 unspecified atom stereocenters. The van der Waals surface area contributed by atoms with Crippen molar-refractivity contribution in [2.45, 2.75) is 59.0 Å². The van der Waals surface area contributed by atoms with Crippen molar-refractivity contribution >= 4 is 11.8 Å². The van der Waals surface area contributed by atoms with Crippen LogP contribution in [0.2, 0.25) is 0 Å². The lowest BCUT2D eigenvalue weighted by Gasteiger charge is -2.27. The summed E-state index contributed by atoms with van der Waals surface area (Å²) >= 11 is 0. The van der Waals surface area contributed by atoms with Gasteiger partial charge in [-0.3, -0.25) is 0 Å². The van der Waals surface area contributed by atoms with Crippen LogP contribution in [-0.4, -0.2) is 43.1 Å². The van der Waals surface area contributed by atoms with Crippen LogP contribution >= 0.6 is 0 Å². The second-order valence-electron chi connectivity index (χ2n) is 8.50. The molecule has 0 saturated carbocycles. The average Bonchev–Trinajstić information content (AvgIpc) is 3.25. The summed E-state index contributed by atoms with van der Waals surface area (Å²) in [5.41, 5.74) is 1.02. The summed E-state index contributed by atoms with van der Waals surface area (Å²) in [5.74, 6) is 6.23. The molecule has 31 heavy (non-hydrogen) atoms. The fourth-order valence-electron chi connectivity index (χ4n) is 3.60. The summed E-state index contributed by atoms with van der Waals surface area (Å²) < 4.78 is 8.05. The maximum absolute atomic E-state index is 12.6. The standard InChI is InChI=1S/C24H29N4O3/c1-7-31-18(2)26-17-21(16-25-26)13-12-19-8-10-20(11-9-19)14-15-22-23(3,4)28(30)24(5,6)27(22)29/h8-11,14-18H,7H2,1-6H3/b15-14+. The van der Waals surface area contributed by atoms with Crippen molar-refractivity contribution in [3.63, 3.8) is 0 Å². The lowest BCUT2D eigenvalue weighted by molar-refractivity contribution is -0.586. The Bertz CT molecular complexity index is 1050. The van der Waals surface area contributed by atoms with E-state index in [4.69, 9.17) is 4.74 Å². The average molecular weight is 422 g/mol. The molecule has 0 saturated heterocycles. The third-order valence-corrected chi connectivity index (χ3v) is 5.42. The molecule has 1 aliphatic heterocycles. The summed E-state index contributed by atoms with van der Waals surface area (Å²) in [5, 5.41) is 30.2. The van der Waals surface area contributed by atoms with E-state index in [2.05, 4.69) is 16.9 Å². The zero-order valence-electron chi connectivity index (χ0n) is 18.9. The first-order valence-electron chi connectivity index (χ1n) is 10.4. The molecule has 163 valence electrons. The molecule has 1 aromatic carbocycles. The van der Waals surface area contributed by atoms with Gasteiger partial charge in [-0.25, -0.2) is 4.68 Å². The molecule has 7 heteroatoms. The van der Waals surface area contributed by atoms with Crippen LogP contribution in [0.5, 0.6) is 0 Å². The van der Waals surface area contributed by atoms with Crippen molar-refractivity contribution in [2.75, 3.05) is 6.61 Å². The Balaban J connectivity index is 1.72. The molecule has 0 fully saturated rings. The summed E-state index contributed by atoms with van der Waals surface area (Å²) in [7, 11) is 0.